The summed E-state index contributed by atoms with van der Waals surface area (Å²) in [6.07, 6.45) is 0.537. The summed E-state index contributed by atoms with van der Waals surface area (Å²) >= 11 is 0. The summed E-state index contributed by atoms with van der Waals surface area (Å²) in [5.41, 5.74) is 0. The van der Waals surface area contributed by atoms with Gasteiger partial charge in [-0.25, -0.2) is 13.1 Å². The average molecular weight is 250 g/mol. The van der Waals surface area contributed by atoms with Crippen LogP contribution in [0.1, 0.15) is 34.1 Å². The van der Waals surface area contributed by atoms with Crippen molar-refractivity contribution in [2.45, 2.75) is 40.2 Å². The standard InChI is InChI=1S/C10H22N2O3S/c1-5-6-16(14,15)12-9(4)10(13)11-7-8(2)3/h8-9,12H,5-7H2,1-4H3,(H,11,13). The number of amides is 1. The molecule has 5 nitrogen and oxygen atoms in total. The molecule has 1 atom stereocenters. The van der Waals surface area contributed by atoms with Crippen LogP contribution in [0.2, 0.25) is 0 Å². The van der Waals surface area contributed by atoms with Crippen LogP contribution in [0, 0.1) is 5.92 Å². The van der Waals surface area contributed by atoms with Gasteiger partial charge in [-0.05, 0) is 19.3 Å². The predicted octanol–water partition coefficient (Wildman–Crippen LogP) is 0.477. The van der Waals surface area contributed by atoms with E-state index in [0.29, 0.717) is 18.9 Å². The Morgan fingerprint density at radius 2 is 1.81 bits per heavy atom. The first kappa shape index (κ1) is 15.4. The Kier molecular flexibility index (Phi) is 6.59. The summed E-state index contributed by atoms with van der Waals surface area (Å²) in [4.78, 5) is 11.5. The summed E-state index contributed by atoms with van der Waals surface area (Å²) < 4.78 is 25.1. The van der Waals surface area contributed by atoms with Crippen LogP contribution in [0.15, 0.2) is 0 Å². The second kappa shape index (κ2) is 6.85. The number of rotatable bonds is 7. The first-order valence-electron chi connectivity index (χ1n) is 5.56. The summed E-state index contributed by atoms with van der Waals surface area (Å²) in [7, 11) is -3.33. The molecule has 2 N–H and O–H groups in total. The maximum Gasteiger partial charge on any atom is 0.237 e. The highest BCUT2D eigenvalue weighted by Gasteiger charge is 2.19. The molecule has 0 rings (SSSR count). The molecule has 0 aromatic rings. The van der Waals surface area contributed by atoms with Crippen molar-refractivity contribution in [3.8, 4) is 0 Å². The largest absolute Gasteiger partial charge is 0.354 e. The van der Waals surface area contributed by atoms with Crippen molar-refractivity contribution in [3.05, 3.63) is 0 Å². The molecule has 1 unspecified atom stereocenters. The number of hydrogen-bond acceptors (Lipinski definition) is 3. The lowest BCUT2D eigenvalue weighted by Gasteiger charge is -2.15. The van der Waals surface area contributed by atoms with E-state index in [0.717, 1.165) is 0 Å². The van der Waals surface area contributed by atoms with Gasteiger partial charge in [-0.2, -0.15) is 0 Å². The van der Waals surface area contributed by atoms with E-state index in [1.165, 1.54) is 0 Å². The molecule has 0 aromatic heterocycles. The van der Waals surface area contributed by atoms with Crippen LogP contribution in [0.25, 0.3) is 0 Å². The smallest absolute Gasteiger partial charge is 0.237 e. The minimum absolute atomic E-state index is 0.0504. The van der Waals surface area contributed by atoms with Gasteiger partial charge in [0.1, 0.15) is 0 Å². The van der Waals surface area contributed by atoms with Gasteiger partial charge in [0.2, 0.25) is 15.9 Å². The van der Waals surface area contributed by atoms with Crippen LogP contribution in [0.3, 0.4) is 0 Å². The lowest BCUT2D eigenvalue weighted by atomic mass is 10.2. The van der Waals surface area contributed by atoms with Crippen molar-refractivity contribution in [1.82, 2.24) is 10.0 Å². The van der Waals surface area contributed by atoms with Gasteiger partial charge in [0, 0.05) is 6.54 Å². The van der Waals surface area contributed by atoms with Gasteiger partial charge in [0.15, 0.2) is 0 Å². The van der Waals surface area contributed by atoms with E-state index in [1.54, 1.807) is 13.8 Å². The van der Waals surface area contributed by atoms with Crippen LogP contribution in [-0.2, 0) is 14.8 Å². The lowest BCUT2D eigenvalue weighted by molar-refractivity contribution is -0.122. The molecule has 0 saturated carbocycles. The van der Waals surface area contributed by atoms with Crippen molar-refractivity contribution in [2.75, 3.05) is 12.3 Å². The van der Waals surface area contributed by atoms with E-state index in [1.807, 2.05) is 13.8 Å². The molecular formula is C10H22N2O3S. The van der Waals surface area contributed by atoms with Gasteiger partial charge in [-0.1, -0.05) is 20.8 Å². The number of carbonyl (C=O) groups is 1. The number of carbonyl (C=O) groups excluding carboxylic acids is 1. The lowest BCUT2D eigenvalue weighted by Crippen LogP contribution is -2.46. The first-order chi connectivity index (χ1) is 7.28. The van der Waals surface area contributed by atoms with Crippen molar-refractivity contribution in [2.24, 2.45) is 5.92 Å². The van der Waals surface area contributed by atoms with Gasteiger partial charge < -0.3 is 5.32 Å². The van der Waals surface area contributed by atoms with E-state index in [4.69, 9.17) is 0 Å². The maximum absolute atomic E-state index is 11.5. The second-order valence-electron chi connectivity index (χ2n) is 4.30. The molecule has 6 heteroatoms. The molecule has 0 heterocycles. The first-order valence-corrected chi connectivity index (χ1v) is 7.21. The molecule has 0 bridgehead atoms. The Balaban J connectivity index is 4.15. The molecule has 1 amide bonds. The molecule has 0 saturated heterocycles. The molecule has 0 aliphatic carbocycles. The second-order valence-corrected chi connectivity index (χ2v) is 6.17. The van der Waals surface area contributed by atoms with E-state index in [9.17, 15) is 13.2 Å². The van der Waals surface area contributed by atoms with Crippen LogP contribution in [0.4, 0.5) is 0 Å². The van der Waals surface area contributed by atoms with Crippen LogP contribution >= 0.6 is 0 Å². The maximum atomic E-state index is 11.5. The van der Waals surface area contributed by atoms with Gasteiger partial charge in [-0.15, -0.1) is 0 Å². The molecule has 0 fully saturated rings. The van der Waals surface area contributed by atoms with E-state index in [-0.39, 0.29) is 11.7 Å². The van der Waals surface area contributed by atoms with E-state index < -0.39 is 16.1 Å². The fourth-order valence-corrected chi connectivity index (χ4v) is 2.41. The third kappa shape index (κ3) is 6.79. The van der Waals surface area contributed by atoms with Crippen molar-refractivity contribution < 1.29 is 13.2 Å². The third-order valence-electron chi connectivity index (χ3n) is 1.91. The summed E-state index contributed by atoms with van der Waals surface area (Å²) in [6.45, 7) is 7.84. The fourth-order valence-electron chi connectivity index (χ4n) is 1.11. The molecule has 0 aliphatic rings. The summed E-state index contributed by atoms with van der Waals surface area (Å²) in [5, 5.41) is 2.68. The Morgan fingerprint density at radius 3 is 2.25 bits per heavy atom. The zero-order chi connectivity index (χ0) is 12.8. The summed E-state index contributed by atoms with van der Waals surface area (Å²) in [6, 6.07) is -0.713. The van der Waals surface area contributed by atoms with Crippen LogP contribution < -0.4 is 10.0 Å². The quantitative estimate of drug-likeness (QED) is 0.690. The minimum atomic E-state index is -3.33. The molecular weight excluding hydrogens is 228 g/mol. The van der Waals surface area contributed by atoms with Crippen molar-refractivity contribution >= 4 is 15.9 Å². The molecule has 16 heavy (non-hydrogen) atoms. The van der Waals surface area contributed by atoms with Gasteiger partial charge in [0.25, 0.3) is 0 Å². The normalized spacial score (nSPS) is 13.8. The van der Waals surface area contributed by atoms with Crippen molar-refractivity contribution in [1.29, 1.82) is 0 Å². The highest BCUT2D eigenvalue weighted by Crippen LogP contribution is 1.94. The molecule has 96 valence electrons. The SMILES string of the molecule is CCCS(=O)(=O)NC(C)C(=O)NCC(C)C. The minimum Gasteiger partial charge on any atom is -0.354 e. The van der Waals surface area contributed by atoms with E-state index >= 15 is 0 Å². The molecule has 0 radical (unpaired) electrons. The molecule has 0 aliphatic heterocycles. The summed E-state index contributed by atoms with van der Waals surface area (Å²) in [5.74, 6) is 0.117. The Hall–Kier alpha value is -0.620. The average Bonchev–Trinajstić information content (AvgIpc) is 2.12. The number of sulfonamides is 1. The van der Waals surface area contributed by atoms with Crippen LogP contribution in [-0.4, -0.2) is 32.7 Å². The van der Waals surface area contributed by atoms with Crippen molar-refractivity contribution in [3.63, 3.8) is 0 Å². The number of nitrogens with one attached hydrogen (secondary N) is 2. The molecule has 0 aromatic carbocycles. The monoisotopic (exact) mass is 250 g/mol. The Morgan fingerprint density at radius 1 is 1.25 bits per heavy atom. The van der Waals surface area contributed by atoms with Gasteiger partial charge >= 0.3 is 0 Å². The zero-order valence-corrected chi connectivity index (χ0v) is 11.2. The highest BCUT2D eigenvalue weighted by atomic mass is 32.2. The van der Waals surface area contributed by atoms with Gasteiger partial charge in [0.05, 0.1) is 11.8 Å². The fraction of sp³-hybridized carbons (Fsp3) is 0.900. The van der Waals surface area contributed by atoms with Gasteiger partial charge in [-0.3, -0.25) is 4.79 Å². The zero-order valence-electron chi connectivity index (χ0n) is 10.4. The molecule has 0 spiro atoms. The Labute approximate surface area is 98.0 Å². The Bertz CT molecular complexity index is 312. The van der Waals surface area contributed by atoms with E-state index in [2.05, 4.69) is 10.0 Å². The highest BCUT2D eigenvalue weighted by molar-refractivity contribution is 7.89. The van der Waals surface area contributed by atoms with Crippen LogP contribution in [0.5, 0.6) is 0 Å². The number of hydrogen-bond donors (Lipinski definition) is 2. The predicted molar refractivity (Wildman–Crippen MR) is 64.5 cm³/mol. The third-order valence-corrected chi connectivity index (χ3v) is 3.57. The topological polar surface area (TPSA) is 75.3 Å².